The van der Waals surface area contributed by atoms with Gasteiger partial charge in [-0.2, -0.15) is 4.98 Å². The van der Waals surface area contributed by atoms with E-state index in [4.69, 9.17) is 9.26 Å². The van der Waals surface area contributed by atoms with Gasteiger partial charge in [-0.1, -0.05) is 29.4 Å². The molecule has 2 aromatic carbocycles. The van der Waals surface area contributed by atoms with Gasteiger partial charge in [-0.05, 0) is 41.8 Å². The quantitative estimate of drug-likeness (QED) is 0.713. The van der Waals surface area contributed by atoms with E-state index in [0.717, 1.165) is 19.5 Å². The highest BCUT2D eigenvalue weighted by atomic mass is 19.1. The molecule has 0 saturated carbocycles. The molecule has 0 bridgehead atoms. The molecule has 1 aliphatic rings. The molecular formula is C19H18FN3O2. The fraction of sp³-hybridized carbons (Fsp3) is 0.263. The maximum atomic E-state index is 12.9. The van der Waals surface area contributed by atoms with Crippen molar-refractivity contribution in [1.29, 1.82) is 0 Å². The summed E-state index contributed by atoms with van der Waals surface area (Å²) in [7, 11) is 0. The minimum atomic E-state index is -0.294. The van der Waals surface area contributed by atoms with Crippen molar-refractivity contribution in [2.45, 2.75) is 26.1 Å². The zero-order valence-corrected chi connectivity index (χ0v) is 13.7. The van der Waals surface area contributed by atoms with E-state index in [1.165, 1.54) is 23.3 Å². The Hall–Kier alpha value is -2.73. The van der Waals surface area contributed by atoms with Gasteiger partial charge < -0.3 is 9.26 Å². The Labute approximate surface area is 145 Å². The first-order valence-electron chi connectivity index (χ1n) is 8.25. The summed E-state index contributed by atoms with van der Waals surface area (Å²) in [6.45, 7) is 2.68. The summed E-state index contributed by atoms with van der Waals surface area (Å²) in [5.41, 5.74) is 2.77. The molecule has 0 saturated heterocycles. The van der Waals surface area contributed by atoms with Crippen molar-refractivity contribution < 1.29 is 13.7 Å². The average molecular weight is 339 g/mol. The molecule has 0 spiro atoms. The molecule has 3 aromatic rings. The van der Waals surface area contributed by atoms with Crippen LogP contribution < -0.4 is 4.74 Å². The van der Waals surface area contributed by atoms with E-state index in [9.17, 15) is 4.39 Å². The van der Waals surface area contributed by atoms with E-state index < -0.39 is 0 Å². The number of aromatic nitrogens is 2. The lowest BCUT2D eigenvalue weighted by molar-refractivity contribution is 0.210. The Morgan fingerprint density at radius 2 is 1.88 bits per heavy atom. The first-order valence-corrected chi connectivity index (χ1v) is 8.25. The fourth-order valence-corrected chi connectivity index (χ4v) is 2.97. The molecular weight excluding hydrogens is 321 g/mol. The number of fused-ring (bicyclic) bond motifs is 1. The summed E-state index contributed by atoms with van der Waals surface area (Å²) in [4.78, 5) is 6.67. The summed E-state index contributed by atoms with van der Waals surface area (Å²) >= 11 is 0. The van der Waals surface area contributed by atoms with Crippen LogP contribution >= 0.6 is 0 Å². The molecule has 5 nitrogen and oxygen atoms in total. The van der Waals surface area contributed by atoms with E-state index in [1.54, 1.807) is 12.1 Å². The van der Waals surface area contributed by atoms with E-state index in [0.29, 0.717) is 24.0 Å². The number of hydrogen-bond acceptors (Lipinski definition) is 5. The molecule has 0 atom stereocenters. The molecule has 0 unspecified atom stereocenters. The van der Waals surface area contributed by atoms with Crippen molar-refractivity contribution in [3.05, 3.63) is 77.2 Å². The molecule has 0 N–H and O–H groups in total. The lowest BCUT2D eigenvalue weighted by atomic mass is 10.00. The number of ether oxygens (including phenoxy) is 1. The second kappa shape index (κ2) is 7.03. The molecule has 1 aliphatic heterocycles. The van der Waals surface area contributed by atoms with Gasteiger partial charge in [0.05, 0.1) is 6.54 Å². The van der Waals surface area contributed by atoms with Crippen LogP contribution in [0.5, 0.6) is 5.75 Å². The van der Waals surface area contributed by atoms with Crippen molar-refractivity contribution in [1.82, 2.24) is 15.0 Å². The Balaban J connectivity index is 1.33. The van der Waals surface area contributed by atoms with E-state index in [2.05, 4.69) is 39.3 Å². The van der Waals surface area contributed by atoms with Gasteiger partial charge in [0.15, 0.2) is 6.61 Å². The van der Waals surface area contributed by atoms with Gasteiger partial charge in [0.1, 0.15) is 11.6 Å². The van der Waals surface area contributed by atoms with Crippen molar-refractivity contribution in [2.75, 3.05) is 6.54 Å². The third kappa shape index (κ3) is 3.85. The molecule has 25 heavy (non-hydrogen) atoms. The highest BCUT2D eigenvalue weighted by Gasteiger charge is 2.18. The summed E-state index contributed by atoms with van der Waals surface area (Å²) in [5, 5.41) is 3.95. The van der Waals surface area contributed by atoms with Crippen LogP contribution in [0.4, 0.5) is 4.39 Å². The molecule has 1 aromatic heterocycles. The lowest BCUT2D eigenvalue weighted by Gasteiger charge is -2.27. The standard InChI is InChI=1S/C19H18FN3O2/c20-16-5-7-17(8-6-16)24-13-18-21-19(25-22-18)12-23-10-9-14-3-1-2-4-15(14)11-23/h1-8H,9-13H2. The van der Waals surface area contributed by atoms with Crippen molar-refractivity contribution in [3.63, 3.8) is 0 Å². The first kappa shape index (κ1) is 15.8. The third-order valence-corrected chi connectivity index (χ3v) is 4.26. The monoisotopic (exact) mass is 339 g/mol. The minimum Gasteiger partial charge on any atom is -0.485 e. The summed E-state index contributed by atoms with van der Waals surface area (Å²) in [6, 6.07) is 14.3. The molecule has 6 heteroatoms. The number of rotatable bonds is 5. The molecule has 0 aliphatic carbocycles. The number of halogens is 1. The van der Waals surface area contributed by atoms with Crippen LogP contribution in [-0.4, -0.2) is 21.6 Å². The van der Waals surface area contributed by atoms with Crippen LogP contribution in [0.25, 0.3) is 0 Å². The molecule has 4 rings (SSSR count). The Bertz CT molecular complexity index is 848. The summed E-state index contributed by atoms with van der Waals surface area (Å²) < 4.78 is 23.7. The molecule has 2 heterocycles. The van der Waals surface area contributed by atoms with Gasteiger partial charge in [0.25, 0.3) is 0 Å². The minimum absolute atomic E-state index is 0.192. The number of hydrogen-bond donors (Lipinski definition) is 0. The van der Waals surface area contributed by atoms with Gasteiger partial charge in [-0.3, -0.25) is 4.90 Å². The maximum absolute atomic E-state index is 12.9. The van der Waals surface area contributed by atoms with Crippen LogP contribution in [0.1, 0.15) is 22.8 Å². The van der Waals surface area contributed by atoms with Gasteiger partial charge in [-0.25, -0.2) is 4.39 Å². The first-order chi connectivity index (χ1) is 12.3. The normalized spacial score (nSPS) is 14.3. The fourth-order valence-electron chi connectivity index (χ4n) is 2.97. The molecule has 0 amide bonds. The summed E-state index contributed by atoms with van der Waals surface area (Å²) in [6.07, 6.45) is 1.03. The number of nitrogens with zero attached hydrogens (tertiary/aromatic N) is 3. The van der Waals surface area contributed by atoms with Crippen LogP contribution in [0.3, 0.4) is 0 Å². The maximum Gasteiger partial charge on any atom is 0.240 e. The van der Waals surface area contributed by atoms with Crippen LogP contribution in [0, 0.1) is 5.82 Å². The van der Waals surface area contributed by atoms with Crippen molar-refractivity contribution in [2.24, 2.45) is 0 Å². The smallest absolute Gasteiger partial charge is 0.240 e. The largest absolute Gasteiger partial charge is 0.485 e. The van der Waals surface area contributed by atoms with Crippen LogP contribution in [0.2, 0.25) is 0 Å². The van der Waals surface area contributed by atoms with Crippen LogP contribution in [0.15, 0.2) is 53.1 Å². The van der Waals surface area contributed by atoms with Crippen molar-refractivity contribution >= 4 is 0 Å². The lowest BCUT2D eigenvalue weighted by Crippen LogP contribution is -2.30. The second-order valence-electron chi connectivity index (χ2n) is 6.08. The summed E-state index contributed by atoms with van der Waals surface area (Å²) in [5.74, 6) is 1.34. The van der Waals surface area contributed by atoms with Gasteiger partial charge in [0.2, 0.25) is 11.7 Å². The third-order valence-electron chi connectivity index (χ3n) is 4.26. The predicted molar refractivity (Wildman–Crippen MR) is 89.3 cm³/mol. The Kier molecular flexibility index (Phi) is 4.43. The molecule has 128 valence electrons. The average Bonchev–Trinajstić information content (AvgIpc) is 3.08. The zero-order valence-electron chi connectivity index (χ0n) is 13.7. The topological polar surface area (TPSA) is 51.4 Å². The van der Waals surface area contributed by atoms with Crippen LogP contribution in [-0.2, 0) is 26.1 Å². The van der Waals surface area contributed by atoms with Gasteiger partial charge >= 0.3 is 0 Å². The van der Waals surface area contributed by atoms with Crippen molar-refractivity contribution in [3.8, 4) is 5.75 Å². The molecule has 0 fully saturated rings. The zero-order chi connectivity index (χ0) is 17.1. The van der Waals surface area contributed by atoms with Gasteiger partial charge in [0, 0.05) is 13.1 Å². The number of benzene rings is 2. The van der Waals surface area contributed by atoms with E-state index in [-0.39, 0.29) is 12.4 Å². The second-order valence-corrected chi connectivity index (χ2v) is 6.08. The van der Waals surface area contributed by atoms with Gasteiger partial charge in [-0.15, -0.1) is 0 Å². The SMILES string of the molecule is Fc1ccc(OCc2noc(CN3CCc4ccccc4C3)n2)cc1. The highest BCUT2D eigenvalue weighted by molar-refractivity contribution is 5.29. The predicted octanol–water partition coefficient (Wildman–Crippen LogP) is 3.35. The molecule has 0 radical (unpaired) electrons. The van der Waals surface area contributed by atoms with E-state index in [1.807, 2.05) is 0 Å². The Morgan fingerprint density at radius 3 is 2.72 bits per heavy atom. The Morgan fingerprint density at radius 1 is 1.08 bits per heavy atom. The van der Waals surface area contributed by atoms with E-state index >= 15 is 0 Å². The highest BCUT2D eigenvalue weighted by Crippen LogP contribution is 2.20.